The second-order valence-electron chi connectivity index (χ2n) is 8.86. The molecule has 2 N–H and O–H groups in total. The number of methoxy groups -OCH3 is 2. The predicted molar refractivity (Wildman–Crippen MR) is 143 cm³/mol. The van der Waals surface area contributed by atoms with E-state index in [1.54, 1.807) is 67.6 Å². The van der Waals surface area contributed by atoms with Crippen molar-refractivity contribution in [2.45, 2.75) is 36.1 Å². The van der Waals surface area contributed by atoms with Crippen LogP contribution in [0.3, 0.4) is 0 Å². The maximum absolute atomic E-state index is 14.1. The third-order valence-corrected chi connectivity index (χ3v) is 8.68. The molecule has 0 aromatic heterocycles. The molecule has 0 fully saturated rings. The van der Waals surface area contributed by atoms with Crippen molar-refractivity contribution in [2.24, 2.45) is 0 Å². The Morgan fingerprint density at radius 2 is 1.45 bits per heavy atom. The number of hydrogen-bond donors (Lipinski definition) is 2. The van der Waals surface area contributed by atoms with Gasteiger partial charge in [-0.1, -0.05) is 54.1 Å². The zero-order valence-corrected chi connectivity index (χ0v) is 22.5. The number of ether oxygens (including phenoxy) is 3. The Balaban J connectivity index is 2.03. The smallest absolute Gasteiger partial charge is 0.339 e. The summed E-state index contributed by atoms with van der Waals surface area (Å²) in [6.45, 7) is 3.53. The first-order valence-electron chi connectivity index (χ1n) is 12.2. The highest BCUT2D eigenvalue weighted by Crippen LogP contribution is 2.45. The first-order valence-corrected chi connectivity index (χ1v) is 13.7. The molecule has 4 rings (SSSR count). The SMILES string of the molecule is CCOC(=O)C1=C(O)[C@@H](S(=O)(=O)c2ccc(C)cc2)[C@H](c2ccccc2OC)N[C@H]1c1ccccc1OC. The molecular formula is C29H31NO7S. The van der Waals surface area contributed by atoms with Gasteiger partial charge in [-0.2, -0.15) is 0 Å². The minimum absolute atomic E-state index is 0.0142. The summed E-state index contributed by atoms with van der Waals surface area (Å²) in [6, 6.07) is 18.4. The number of para-hydroxylation sites is 2. The van der Waals surface area contributed by atoms with Gasteiger partial charge in [0.2, 0.25) is 0 Å². The Kier molecular flexibility index (Phi) is 8.08. The molecule has 38 heavy (non-hydrogen) atoms. The maximum atomic E-state index is 14.1. The molecule has 1 aliphatic rings. The number of carbonyl (C=O) groups is 1. The Labute approximate surface area is 222 Å². The summed E-state index contributed by atoms with van der Waals surface area (Å²) in [5, 5.41) is 13.5. The van der Waals surface area contributed by atoms with E-state index < -0.39 is 38.9 Å². The number of nitrogens with one attached hydrogen (secondary N) is 1. The van der Waals surface area contributed by atoms with E-state index >= 15 is 0 Å². The fraction of sp³-hybridized carbons (Fsp3) is 0.276. The second-order valence-corrected chi connectivity index (χ2v) is 10.9. The number of rotatable bonds is 8. The summed E-state index contributed by atoms with van der Waals surface area (Å²) in [4.78, 5) is 13.3. The molecule has 9 heteroatoms. The van der Waals surface area contributed by atoms with Gasteiger partial charge in [0.05, 0.1) is 43.4 Å². The molecule has 3 atom stereocenters. The van der Waals surface area contributed by atoms with Gasteiger partial charge in [-0.05, 0) is 38.1 Å². The molecule has 3 aromatic carbocycles. The van der Waals surface area contributed by atoms with Crippen LogP contribution in [0.4, 0.5) is 0 Å². The van der Waals surface area contributed by atoms with Gasteiger partial charge in [0, 0.05) is 11.1 Å². The van der Waals surface area contributed by atoms with Crippen molar-refractivity contribution in [3.05, 3.63) is 101 Å². The standard InChI is InChI=1S/C29H31NO7S/c1-5-37-29(32)24-25(20-10-6-8-12-22(20)35-3)30-26(21-11-7-9-13-23(21)36-4)28(27(24)31)38(33,34)19-16-14-18(2)15-17-19/h6-17,25-26,28,30-31H,5H2,1-4H3/t25-,26-,28-/m0/s1. The van der Waals surface area contributed by atoms with E-state index in [1.165, 1.54) is 26.4 Å². The molecule has 200 valence electrons. The van der Waals surface area contributed by atoms with Gasteiger partial charge in [0.25, 0.3) is 0 Å². The molecule has 0 aliphatic carbocycles. The van der Waals surface area contributed by atoms with Gasteiger partial charge >= 0.3 is 5.97 Å². The van der Waals surface area contributed by atoms with E-state index in [4.69, 9.17) is 14.2 Å². The normalized spacial score (nSPS) is 19.6. The molecule has 0 amide bonds. The Morgan fingerprint density at radius 3 is 2.03 bits per heavy atom. The van der Waals surface area contributed by atoms with Crippen molar-refractivity contribution in [1.29, 1.82) is 0 Å². The number of aryl methyl sites for hydroxylation is 1. The van der Waals surface area contributed by atoms with Crippen LogP contribution in [0.2, 0.25) is 0 Å². The maximum Gasteiger partial charge on any atom is 0.339 e. The van der Waals surface area contributed by atoms with Crippen LogP contribution in [0.1, 0.15) is 35.7 Å². The summed E-state index contributed by atoms with van der Waals surface area (Å²) in [7, 11) is -1.23. The van der Waals surface area contributed by atoms with Crippen molar-refractivity contribution in [2.75, 3.05) is 20.8 Å². The minimum Gasteiger partial charge on any atom is -0.510 e. The summed E-state index contributed by atoms with van der Waals surface area (Å²) >= 11 is 0. The van der Waals surface area contributed by atoms with Crippen molar-refractivity contribution in [3.8, 4) is 11.5 Å². The summed E-state index contributed by atoms with van der Waals surface area (Å²) < 4.78 is 44.7. The minimum atomic E-state index is -4.22. The van der Waals surface area contributed by atoms with Crippen LogP contribution in [0.25, 0.3) is 0 Å². The van der Waals surface area contributed by atoms with Gasteiger partial charge in [0.1, 0.15) is 22.5 Å². The molecule has 8 nitrogen and oxygen atoms in total. The molecule has 0 unspecified atom stereocenters. The first kappa shape index (κ1) is 27.2. The lowest BCUT2D eigenvalue weighted by Gasteiger charge is -2.38. The van der Waals surface area contributed by atoms with Crippen LogP contribution in [0.15, 0.2) is 89.0 Å². The number of esters is 1. The van der Waals surface area contributed by atoms with Gasteiger partial charge < -0.3 is 19.3 Å². The third kappa shape index (κ3) is 4.99. The molecule has 1 heterocycles. The summed E-state index contributed by atoms with van der Waals surface area (Å²) in [6.07, 6.45) is 0. The average Bonchev–Trinajstić information content (AvgIpc) is 2.92. The highest BCUT2D eigenvalue weighted by atomic mass is 32.2. The number of aliphatic hydroxyl groups excluding tert-OH is 1. The average molecular weight is 538 g/mol. The summed E-state index contributed by atoms with van der Waals surface area (Å²) in [5.41, 5.74) is 1.74. The van der Waals surface area contributed by atoms with Crippen molar-refractivity contribution in [1.82, 2.24) is 5.32 Å². The van der Waals surface area contributed by atoms with Crippen LogP contribution < -0.4 is 14.8 Å². The first-order chi connectivity index (χ1) is 18.2. The van der Waals surface area contributed by atoms with Gasteiger partial charge in [0.15, 0.2) is 9.84 Å². The fourth-order valence-corrected chi connectivity index (χ4v) is 6.58. The Morgan fingerprint density at radius 1 is 0.895 bits per heavy atom. The summed E-state index contributed by atoms with van der Waals surface area (Å²) in [5.74, 6) is -0.524. The van der Waals surface area contributed by atoms with Crippen LogP contribution in [-0.2, 0) is 19.4 Å². The zero-order chi connectivity index (χ0) is 27.4. The van der Waals surface area contributed by atoms with E-state index in [1.807, 2.05) is 6.92 Å². The molecule has 0 radical (unpaired) electrons. The topological polar surface area (TPSA) is 111 Å². The number of benzene rings is 3. The van der Waals surface area contributed by atoms with E-state index in [0.717, 1.165) is 5.56 Å². The van der Waals surface area contributed by atoms with Crippen molar-refractivity contribution < 1.29 is 32.5 Å². The molecule has 0 saturated heterocycles. The van der Waals surface area contributed by atoms with Crippen LogP contribution in [0, 0.1) is 6.92 Å². The van der Waals surface area contributed by atoms with E-state index in [9.17, 15) is 18.3 Å². The Bertz CT molecular complexity index is 1450. The largest absolute Gasteiger partial charge is 0.510 e. The number of aliphatic hydroxyl groups is 1. The number of sulfone groups is 1. The quantitative estimate of drug-likeness (QED) is 0.401. The molecule has 1 aliphatic heterocycles. The monoisotopic (exact) mass is 537 g/mol. The molecule has 3 aromatic rings. The highest BCUT2D eigenvalue weighted by molar-refractivity contribution is 7.92. The van der Waals surface area contributed by atoms with Gasteiger partial charge in [-0.15, -0.1) is 0 Å². The lowest BCUT2D eigenvalue weighted by Crippen LogP contribution is -2.47. The molecule has 0 spiro atoms. The number of hydrogen-bond acceptors (Lipinski definition) is 8. The fourth-order valence-electron chi connectivity index (χ4n) is 4.77. The van der Waals surface area contributed by atoms with Crippen LogP contribution in [0.5, 0.6) is 11.5 Å². The van der Waals surface area contributed by atoms with Crippen molar-refractivity contribution in [3.63, 3.8) is 0 Å². The number of carbonyl (C=O) groups excluding carboxylic acids is 1. The lowest BCUT2D eigenvalue weighted by molar-refractivity contribution is -0.139. The lowest BCUT2D eigenvalue weighted by atomic mass is 9.87. The van der Waals surface area contributed by atoms with E-state index in [-0.39, 0.29) is 17.1 Å². The van der Waals surface area contributed by atoms with Gasteiger partial charge in [-0.25, -0.2) is 13.2 Å². The highest BCUT2D eigenvalue weighted by Gasteiger charge is 2.49. The zero-order valence-electron chi connectivity index (χ0n) is 21.7. The van der Waals surface area contributed by atoms with Crippen molar-refractivity contribution >= 4 is 15.8 Å². The molecule has 0 bridgehead atoms. The predicted octanol–water partition coefficient (Wildman–Crippen LogP) is 4.62. The Hall–Kier alpha value is -3.82. The van der Waals surface area contributed by atoms with Crippen LogP contribution >= 0.6 is 0 Å². The third-order valence-electron chi connectivity index (χ3n) is 6.59. The second kappa shape index (κ2) is 11.3. The van der Waals surface area contributed by atoms with E-state index in [2.05, 4.69) is 5.32 Å². The molecule has 0 saturated carbocycles. The molecular weight excluding hydrogens is 506 g/mol. The van der Waals surface area contributed by atoms with Crippen LogP contribution in [-0.4, -0.2) is 45.6 Å². The van der Waals surface area contributed by atoms with E-state index in [0.29, 0.717) is 22.6 Å². The van der Waals surface area contributed by atoms with Gasteiger partial charge in [-0.3, -0.25) is 5.32 Å².